The molecule has 2 amide bonds. The molecule has 4 atom stereocenters. The van der Waals surface area contributed by atoms with Gasteiger partial charge in [-0.1, -0.05) is 12.1 Å². The van der Waals surface area contributed by atoms with Crippen molar-refractivity contribution in [1.82, 2.24) is 29.4 Å². The van der Waals surface area contributed by atoms with Gasteiger partial charge in [0.15, 0.2) is 0 Å². The summed E-state index contributed by atoms with van der Waals surface area (Å²) < 4.78 is 10.1. The number of hydrogen-bond donors (Lipinski definition) is 1. The Balaban J connectivity index is 1.08. The topological polar surface area (TPSA) is 93.8 Å². The summed E-state index contributed by atoms with van der Waals surface area (Å²) in [5, 5.41) is 9.08. The molecule has 5 aliphatic rings. The lowest BCUT2D eigenvalue weighted by Crippen LogP contribution is -2.53. The Morgan fingerprint density at radius 3 is 2.78 bits per heavy atom. The van der Waals surface area contributed by atoms with E-state index in [1.807, 2.05) is 35.0 Å². The summed E-state index contributed by atoms with van der Waals surface area (Å²) in [6.45, 7) is 4.41. The van der Waals surface area contributed by atoms with E-state index in [1.54, 1.807) is 7.11 Å². The standard InChI is InChI=1S/C36H34N6O3/c1-18-32(39-42-17-25(13-30(45-2)33(18)42)36(44)41-16-24-9-23-12-28(41)31(23)24)29-11-21-7-8-27(38-34(21)40(29)15-19-3-4-19)20-5-6-22-14-37-35(43)26(22)10-20/h5-8,10-11,13,17,19,23-24,28,31H,3-4,9,12,14-16H2,1-2H3,(H,37,43)/t23?,24?,28?,31-/m1/s1. The average molecular weight is 599 g/mol. The quantitative estimate of drug-likeness (QED) is 0.280. The Bertz CT molecular complexity index is 2120. The first-order valence-electron chi connectivity index (χ1n) is 16.2. The van der Waals surface area contributed by atoms with Gasteiger partial charge < -0.3 is 19.5 Å². The van der Waals surface area contributed by atoms with Gasteiger partial charge >= 0.3 is 0 Å². The summed E-state index contributed by atoms with van der Waals surface area (Å²) in [5.41, 5.74) is 8.85. The monoisotopic (exact) mass is 598 g/mol. The lowest BCUT2D eigenvalue weighted by molar-refractivity contribution is -0.0204. The van der Waals surface area contributed by atoms with Crippen LogP contribution in [0.3, 0.4) is 0 Å². The summed E-state index contributed by atoms with van der Waals surface area (Å²) in [5.74, 6) is 3.59. The Hall–Kier alpha value is -4.66. The van der Waals surface area contributed by atoms with E-state index in [9.17, 15) is 9.59 Å². The molecule has 2 aliphatic heterocycles. The Morgan fingerprint density at radius 2 is 1.98 bits per heavy atom. The number of ether oxygens (including phenoxy) is 1. The predicted octanol–water partition coefficient (Wildman–Crippen LogP) is 5.47. The Labute approximate surface area is 260 Å². The predicted molar refractivity (Wildman–Crippen MR) is 169 cm³/mol. The molecule has 0 bridgehead atoms. The number of nitrogens with one attached hydrogen (secondary N) is 1. The number of methoxy groups -OCH3 is 1. The van der Waals surface area contributed by atoms with E-state index >= 15 is 0 Å². The zero-order valence-electron chi connectivity index (χ0n) is 25.4. The molecule has 6 heterocycles. The maximum atomic E-state index is 13.8. The van der Waals surface area contributed by atoms with E-state index in [1.165, 1.54) is 19.3 Å². The molecule has 10 rings (SSSR count). The molecule has 1 saturated heterocycles. The van der Waals surface area contributed by atoms with Crippen LogP contribution in [0, 0.1) is 30.6 Å². The molecule has 1 aromatic carbocycles. The zero-order chi connectivity index (χ0) is 30.1. The third-order valence-corrected chi connectivity index (χ3v) is 11.4. The van der Waals surface area contributed by atoms with Gasteiger partial charge in [-0.25, -0.2) is 9.50 Å². The minimum absolute atomic E-state index is 0.0286. The molecule has 4 fully saturated rings. The summed E-state index contributed by atoms with van der Waals surface area (Å²) in [6.07, 6.45) is 6.75. The van der Waals surface area contributed by atoms with Crippen molar-refractivity contribution >= 4 is 28.4 Å². The molecule has 3 unspecified atom stereocenters. The van der Waals surface area contributed by atoms with Crippen LogP contribution >= 0.6 is 0 Å². The van der Waals surface area contributed by atoms with Crippen molar-refractivity contribution < 1.29 is 14.3 Å². The average Bonchev–Trinajstić information content (AvgIpc) is 3.57. The molecule has 226 valence electrons. The Kier molecular flexibility index (Phi) is 5.11. The van der Waals surface area contributed by atoms with Gasteiger partial charge in [0.1, 0.15) is 22.6 Å². The molecule has 5 aromatic rings. The van der Waals surface area contributed by atoms with Gasteiger partial charge in [-0.05, 0) is 92.2 Å². The number of aryl methyl sites for hydroxylation is 1. The van der Waals surface area contributed by atoms with E-state index < -0.39 is 0 Å². The number of carbonyl (C=O) groups excluding carboxylic acids is 2. The maximum Gasteiger partial charge on any atom is 0.255 e. The largest absolute Gasteiger partial charge is 0.494 e. The number of benzene rings is 1. The van der Waals surface area contributed by atoms with Gasteiger partial charge in [0.25, 0.3) is 11.8 Å². The summed E-state index contributed by atoms with van der Waals surface area (Å²) in [6, 6.07) is 14.7. The van der Waals surface area contributed by atoms with E-state index in [2.05, 4.69) is 39.9 Å². The van der Waals surface area contributed by atoms with Crippen LogP contribution in [0.4, 0.5) is 0 Å². The van der Waals surface area contributed by atoms with Crippen LogP contribution in [0.25, 0.3) is 39.2 Å². The number of fused-ring (bicyclic) bond motifs is 3. The SMILES string of the molecule is COc1cc(C(=O)N2CC3CC4CC2[C@H]43)cn2nc(-c3cc4ccc(-c5ccc6c(c5)C(=O)NC6)nc4n3CC3CC3)c(C)c12. The van der Waals surface area contributed by atoms with E-state index in [4.69, 9.17) is 14.8 Å². The molecule has 9 heteroatoms. The first-order chi connectivity index (χ1) is 21.9. The van der Waals surface area contributed by atoms with Gasteiger partial charge in [0.05, 0.1) is 24.1 Å². The van der Waals surface area contributed by atoms with Crippen molar-refractivity contribution in [2.45, 2.75) is 51.7 Å². The van der Waals surface area contributed by atoms with Crippen LogP contribution in [-0.2, 0) is 13.1 Å². The van der Waals surface area contributed by atoms with Crippen LogP contribution in [0.2, 0.25) is 0 Å². The highest BCUT2D eigenvalue weighted by molar-refractivity contribution is 5.99. The number of likely N-dealkylation sites (tertiary alicyclic amines) is 1. The molecular weight excluding hydrogens is 564 g/mol. The molecule has 9 nitrogen and oxygen atoms in total. The smallest absolute Gasteiger partial charge is 0.255 e. The third kappa shape index (κ3) is 3.61. The summed E-state index contributed by atoms with van der Waals surface area (Å²) in [4.78, 5) is 33.4. The number of pyridine rings is 2. The summed E-state index contributed by atoms with van der Waals surface area (Å²) >= 11 is 0. The molecule has 0 radical (unpaired) electrons. The first-order valence-corrected chi connectivity index (χ1v) is 16.2. The second-order valence-corrected chi connectivity index (χ2v) is 13.9. The highest BCUT2D eigenvalue weighted by Crippen LogP contribution is 2.60. The van der Waals surface area contributed by atoms with Crippen molar-refractivity contribution in [1.29, 1.82) is 0 Å². The van der Waals surface area contributed by atoms with E-state index in [0.29, 0.717) is 35.7 Å². The number of aromatic nitrogens is 4. The van der Waals surface area contributed by atoms with Gasteiger partial charge in [-0.15, -0.1) is 0 Å². The number of amides is 2. The van der Waals surface area contributed by atoms with Crippen LogP contribution in [0.15, 0.2) is 48.7 Å². The Morgan fingerprint density at radius 1 is 1.09 bits per heavy atom. The lowest BCUT2D eigenvalue weighted by Gasteiger charge is -2.52. The fourth-order valence-corrected chi connectivity index (χ4v) is 8.77. The van der Waals surface area contributed by atoms with Crippen LogP contribution in [-0.4, -0.2) is 55.6 Å². The van der Waals surface area contributed by atoms with Gasteiger partial charge in [-0.2, -0.15) is 5.10 Å². The molecule has 45 heavy (non-hydrogen) atoms. The van der Waals surface area contributed by atoms with E-state index in [-0.39, 0.29) is 11.8 Å². The van der Waals surface area contributed by atoms with Crippen molar-refractivity contribution in [3.05, 3.63) is 70.9 Å². The van der Waals surface area contributed by atoms with Crippen LogP contribution in [0.5, 0.6) is 5.75 Å². The molecular formula is C36H34N6O3. The zero-order valence-corrected chi connectivity index (χ0v) is 25.4. The van der Waals surface area contributed by atoms with Crippen molar-refractivity contribution in [3.63, 3.8) is 0 Å². The molecule has 1 N–H and O–H groups in total. The lowest BCUT2D eigenvalue weighted by atomic mass is 9.53. The molecule has 4 aromatic heterocycles. The second-order valence-electron chi connectivity index (χ2n) is 13.9. The number of hydrogen-bond acceptors (Lipinski definition) is 5. The van der Waals surface area contributed by atoms with Crippen molar-refractivity contribution in [3.8, 4) is 28.4 Å². The van der Waals surface area contributed by atoms with Gasteiger partial charge in [-0.3, -0.25) is 9.59 Å². The second kappa shape index (κ2) is 8.96. The molecule has 3 saturated carbocycles. The number of carbonyl (C=O) groups is 2. The normalized spacial score (nSPS) is 24.4. The maximum absolute atomic E-state index is 13.8. The van der Waals surface area contributed by atoms with Crippen molar-refractivity contribution in [2.75, 3.05) is 13.7 Å². The highest BCUT2D eigenvalue weighted by Gasteiger charge is 2.61. The minimum Gasteiger partial charge on any atom is -0.494 e. The fraction of sp³-hybridized carbons (Fsp3) is 0.389. The molecule has 0 spiro atoms. The number of nitrogens with zero attached hydrogens (tertiary/aromatic N) is 5. The van der Waals surface area contributed by atoms with Crippen LogP contribution in [0.1, 0.15) is 57.5 Å². The minimum atomic E-state index is -0.0286. The van der Waals surface area contributed by atoms with Gasteiger partial charge in [0, 0.05) is 53.9 Å². The third-order valence-electron chi connectivity index (χ3n) is 11.4. The first kappa shape index (κ1) is 25.6. The fourth-order valence-electron chi connectivity index (χ4n) is 8.77. The van der Waals surface area contributed by atoms with Crippen molar-refractivity contribution in [2.24, 2.45) is 23.7 Å². The van der Waals surface area contributed by atoms with Crippen LogP contribution < -0.4 is 10.1 Å². The van der Waals surface area contributed by atoms with Gasteiger partial charge in [0.2, 0.25) is 0 Å². The number of rotatable bonds is 6. The summed E-state index contributed by atoms with van der Waals surface area (Å²) in [7, 11) is 1.67. The highest BCUT2D eigenvalue weighted by atomic mass is 16.5. The van der Waals surface area contributed by atoms with E-state index in [0.717, 1.165) is 87.2 Å². The molecule has 3 aliphatic carbocycles.